The van der Waals surface area contributed by atoms with Crippen molar-refractivity contribution in [3.8, 4) is 6.07 Å². The molecule has 1 rings (SSSR count). The third-order valence-electron chi connectivity index (χ3n) is 1.67. The van der Waals surface area contributed by atoms with Crippen LogP contribution in [0.5, 0.6) is 0 Å². The summed E-state index contributed by atoms with van der Waals surface area (Å²) in [6.45, 7) is 3.58. The molecule has 0 N–H and O–H groups in total. The highest BCUT2D eigenvalue weighted by molar-refractivity contribution is 6.18. The van der Waals surface area contributed by atoms with Crippen molar-refractivity contribution in [2.75, 3.05) is 5.88 Å². The Hall–Kier alpha value is -0.300. The summed E-state index contributed by atoms with van der Waals surface area (Å²) in [4.78, 5) is 0. The zero-order valence-electron chi connectivity index (χ0n) is 7.21. The van der Waals surface area contributed by atoms with Gasteiger partial charge in [-0.25, -0.2) is 0 Å². The molecule has 0 radical (unpaired) electrons. The van der Waals surface area contributed by atoms with Gasteiger partial charge in [0.25, 0.3) is 0 Å². The Morgan fingerprint density at radius 3 is 2.75 bits per heavy atom. The molecule has 0 aromatic carbocycles. The van der Waals surface area contributed by atoms with Crippen LogP contribution in [0.15, 0.2) is 0 Å². The second-order valence-corrected chi connectivity index (χ2v) is 3.57. The second-order valence-electron chi connectivity index (χ2n) is 3.27. The molecule has 3 nitrogen and oxygen atoms in total. The van der Waals surface area contributed by atoms with E-state index in [1.54, 1.807) is 13.8 Å². The van der Waals surface area contributed by atoms with E-state index in [9.17, 15) is 0 Å². The predicted molar refractivity (Wildman–Crippen MR) is 44.8 cm³/mol. The monoisotopic (exact) mass is 189 g/mol. The number of ether oxygens (including phenoxy) is 2. The van der Waals surface area contributed by atoms with Crippen molar-refractivity contribution in [3.05, 3.63) is 0 Å². The van der Waals surface area contributed by atoms with Crippen LogP contribution < -0.4 is 0 Å². The van der Waals surface area contributed by atoms with E-state index >= 15 is 0 Å². The van der Waals surface area contributed by atoms with Gasteiger partial charge < -0.3 is 9.47 Å². The molecule has 0 amide bonds. The van der Waals surface area contributed by atoms with Crippen LogP contribution in [0.1, 0.15) is 20.3 Å². The molecule has 1 unspecified atom stereocenters. The van der Waals surface area contributed by atoms with Gasteiger partial charge in [0, 0.05) is 12.3 Å². The molecule has 1 fully saturated rings. The summed E-state index contributed by atoms with van der Waals surface area (Å²) in [5.41, 5.74) is 0. The zero-order valence-corrected chi connectivity index (χ0v) is 7.97. The Kier molecular flexibility index (Phi) is 2.94. The molecular weight excluding hydrogens is 178 g/mol. The summed E-state index contributed by atoms with van der Waals surface area (Å²) in [6, 6.07) is 2.06. The molecule has 0 aromatic rings. The Balaban J connectivity index is 2.60. The van der Waals surface area contributed by atoms with E-state index in [-0.39, 0.29) is 6.10 Å². The highest BCUT2D eigenvalue weighted by Crippen LogP contribution is 2.26. The minimum atomic E-state index is -0.682. The van der Waals surface area contributed by atoms with Gasteiger partial charge in [-0.2, -0.15) is 5.26 Å². The SMILES string of the molecule is CC1(C)OC(C#N)C[C@H](CCl)O1. The van der Waals surface area contributed by atoms with Crippen LogP contribution in [0.25, 0.3) is 0 Å². The summed E-state index contributed by atoms with van der Waals surface area (Å²) in [5.74, 6) is -0.275. The van der Waals surface area contributed by atoms with E-state index in [0.717, 1.165) is 0 Å². The molecule has 2 atom stereocenters. The van der Waals surface area contributed by atoms with E-state index in [1.807, 2.05) is 0 Å². The van der Waals surface area contributed by atoms with Crippen molar-refractivity contribution in [1.29, 1.82) is 5.26 Å². The Morgan fingerprint density at radius 1 is 1.58 bits per heavy atom. The largest absolute Gasteiger partial charge is 0.346 e. The molecule has 0 saturated carbocycles. The maximum Gasteiger partial charge on any atom is 0.164 e. The van der Waals surface area contributed by atoms with E-state index in [4.69, 9.17) is 26.3 Å². The van der Waals surface area contributed by atoms with E-state index in [0.29, 0.717) is 12.3 Å². The molecule has 1 heterocycles. The van der Waals surface area contributed by atoms with Crippen molar-refractivity contribution in [2.45, 2.75) is 38.3 Å². The first kappa shape index (κ1) is 9.79. The smallest absolute Gasteiger partial charge is 0.164 e. The quantitative estimate of drug-likeness (QED) is 0.590. The molecule has 0 bridgehead atoms. The lowest BCUT2D eigenvalue weighted by Gasteiger charge is -2.37. The predicted octanol–water partition coefficient (Wildman–Crippen LogP) is 1.66. The van der Waals surface area contributed by atoms with Gasteiger partial charge in [0.2, 0.25) is 0 Å². The molecule has 0 spiro atoms. The fourth-order valence-corrected chi connectivity index (χ4v) is 1.47. The van der Waals surface area contributed by atoms with Crippen LogP contribution in [0, 0.1) is 11.3 Å². The van der Waals surface area contributed by atoms with Crippen molar-refractivity contribution in [1.82, 2.24) is 0 Å². The average Bonchev–Trinajstić information content (AvgIpc) is 2.01. The Labute approximate surface area is 77.2 Å². The van der Waals surface area contributed by atoms with Crippen LogP contribution in [0.3, 0.4) is 0 Å². The van der Waals surface area contributed by atoms with Gasteiger partial charge in [0.05, 0.1) is 12.2 Å². The fraction of sp³-hybridized carbons (Fsp3) is 0.875. The van der Waals surface area contributed by atoms with Crippen molar-refractivity contribution in [2.24, 2.45) is 0 Å². The van der Waals surface area contributed by atoms with Gasteiger partial charge in [0.15, 0.2) is 5.79 Å². The summed E-state index contributed by atoms with van der Waals surface area (Å²) >= 11 is 5.64. The van der Waals surface area contributed by atoms with Crippen LogP contribution >= 0.6 is 11.6 Å². The van der Waals surface area contributed by atoms with Crippen LogP contribution in [0.4, 0.5) is 0 Å². The first-order valence-electron chi connectivity index (χ1n) is 3.88. The standard InChI is InChI=1S/C8H12ClNO2/c1-8(2)11-6(4-9)3-7(5-10)12-8/h6-7H,3-4H2,1-2H3/t6-,7?/m1/s1. The third kappa shape index (κ3) is 2.34. The van der Waals surface area contributed by atoms with Crippen molar-refractivity contribution < 1.29 is 9.47 Å². The summed E-state index contributed by atoms with van der Waals surface area (Å²) in [5, 5.41) is 8.66. The summed E-state index contributed by atoms with van der Waals surface area (Å²) in [6.07, 6.45) is 0.0984. The normalized spacial score (nSPS) is 34.2. The van der Waals surface area contributed by atoms with Crippen LogP contribution in [0.2, 0.25) is 0 Å². The minimum Gasteiger partial charge on any atom is -0.346 e. The minimum absolute atomic E-state index is 0.0694. The van der Waals surface area contributed by atoms with Gasteiger partial charge in [-0.05, 0) is 13.8 Å². The first-order valence-corrected chi connectivity index (χ1v) is 4.42. The first-order chi connectivity index (χ1) is 5.57. The number of hydrogen-bond donors (Lipinski definition) is 0. The van der Waals surface area contributed by atoms with E-state index in [2.05, 4.69) is 6.07 Å². The van der Waals surface area contributed by atoms with E-state index < -0.39 is 11.9 Å². The summed E-state index contributed by atoms with van der Waals surface area (Å²) in [7, 11) is 0. The van der Waals surface area contributed by atoms with Crippen molar-refractivity contribution in [3.63, 3.8) is 0 Å². The molecule has 0 aliphatic carbocycles. The maximum atomic E-state index is 8.66. The molecular formula is C8H12ClNO2. The molecule has 1 saturated heterocycles. The maximum absolute atomic E-state index is 8.66. The lowest BCUT2D eigenvalue weighted by Crippen LogP contribution is -2.44. The average molecular weight is 190 g/mol. The van der Waals surface area contributed by atoms with Crippen molar-refractivity contribution >= 4 is 11.6 Å². The Morgan fingerprint density at radius 2 is 2.25 bits per heavy atom. The molecule has 1 aliphatic rings. The number of nitriles is 1. The van der Waals surface area contributed by atoms with Crippen LogP contribution in [-0.4, -0.2) is 23.9 Å². The van der Waals surface area contributed by atoms with Gasteiger partial charge in [-0.15, -0.1) is 11.6 Å². The lowest BCUT2D eigenvalue weighted by molar-refractivity contribution is -0.284. The number of nitrogens with zero attached hydrogens (tertiary/aromatic N) is 1. The number of rotatable bonds is 1. The van der Waals surface area contributed by atoms with Gasteiger partial charge in [-0.1, -0.05) is 0 Å². The van der Waals surface area contributed by atoms with E-state index in [1.165, 1.54) is 0 Å². The molecule has 1 aliphatic heterocycles. The zero-order chi connectivity index (χ0) is 9.19. The highest BCUT2D eigenvalue weighted by Gasteiger charge is 2.34. The molecule has 68 valence electrons. The number of halogens is 1. The Bertz CT molecular complexity index is 200. The topological polar surface area (TPSA) is 42.2 Å². The number of hydrogen-bond acceptors (Lipinski definition) is 3. The molecule has 0 aromatic heterocycles. The molecule has 4 heteroatoms. The highest BCUT2D eigenvalue weighted by atomic mass is 35.5. The fourth-order valence-electron chi connectivity index (χ4n) is 1.28. The van der Waals surface area contributed by atoms with Gasteiger partial charge in [0.1, 0.15) is 6.10 Å². The lowest BCUT2D eigenvalue weighted by atomic mass is 10.1. The number of alkyl halides is 1. The second kappa shape index (κ2) is 3.61. The summed E-state index contributed by atoms with van der Waals surface area (Å²) < 4.78 is 10.8. The third-order valence-corrected chi connectivity index (χ3v) is 2.01. The van der Waals surface area contributed by atoms with Crippen LogP contribution in [-0.2, 0) is 9.47 Å². The van der Waals surface area contributed by atoms with Gasteiger partial charge >= 0.3 is 0 Å². The van der Waals surface area contributed by atoms with Gasteiger partial charge in [-0.3, -0.25) is 0 Å². The molecule has 12 heavy (non-hydrogen) atoms.